The van der Waals surface area contributed by atoms with Gasteiger partial charge in [-0.15, -0.1) is 0 Å². The molecule has 8 heteroatoms. The zero-order chi connectivity index (χ0) is 24.8. The molecule has 2 aromatic rings. The Morgan fingerprint density at radius 1 is 1.00 bits per heavy atom. The van der Waals surface area contributed by atoms with E-state index < -0.39 is 5.60 Å². The van der Waals surface area contributed by atoms with Gasteiger partial charge in [0.05, 0.1) is 6.20 Å². The molecule has 0 atom stereocenters. The van der Waals surface area contributed by atoms with E-state index in [0.717, 1.165) is 71.6 Å². The molecule has 2 aliphatic heterocycles. The van der Waals surface area contributed by atoms with Crippen LogP contribution in [0.4, 0.5) is 10.5 Å². The summed E-state index contributed by atoms with van der Waals surface area (Å²) in [5.74, 6) is 0. The third-order valence-electron chi connectivity index (χ3n) is 6.87. The van der Waals surface area contributed by atoms with Crippen LogP contribution in [-0.4, -0.2) is 90.2 Å². The first-order chi connectivity index (χ1) is 16.7. The molecule has 1 aromatic heterocycles. The second kappa shape index (κ2) is 11.4. The number of piperazine rings is 1. The largest absolute Gasteiger partial charge is 0.444 e. The van der Waals surface area contributed by atoms with Crippen molar-refractivity contribution >= 4 is 11.8 Å². The summed E-state index contributed by atoms with van der Waals surface area (Å²) in [6.07, 6.45) is 6.82. The lowest BCUT2D eigenvalue weighted by molar-refractivity contribution is 0.0478. The van der Waals surface area contributed by atoms with Crippen LogP contribution in [-0.2, 0) is 11.3 Å². The van der Waals surface area contributed by atoms with Gasteiger partial charge in [0, 0.05) is 69.3 Å². The normalized spacial score (nSPS) is 18.6. The molecule has 1 N–H and O–H groups in total. The van der Waals surface area contributed by atoms with Crippen molar-refractivity contribution in [2.24, 2.45) is 0 Å². The Labute approximate surface area is 210 Å². The first kappa shape index (κ1) is 25.5. The van der Waals surface area contributed by atoms with E-state index in [1.54, 1.807) is 0 Å². The predicted molar refractivity (Wildman–Crippen MR) is 141 cm³/mol. The third-order valence-corrected chi connectivity index (χ3v) is 6.87. The SMILES string of the molecule is CN1CCN(c2ccc(-c3cnn(CCCN4CCC(NC(=O)OC(C)(C)C)CC4)c3)cc2)CC1. The summed E-state index contributed by atoms with van der Waals surface area (Å²) < 4.78 is 7.43. The maximum absolute atomic E-state index is 12.0. The minimum absolute atomic E-state index is 0.206. The van der Waals surface area contributed by atoms with Crippen molar-refractivity contribution in [1.82, 2.24) is 24.9 Å². The van der Waals surface area contributed by atoms with Crippen molar-refractivity contribution in [3.8, 4) is 11.1 Å². The van der Waals surface area contributed by atoms with Crippen LogP contribution in [0.25, 0.3) is 11.1 Å². The molecular formula is C27H42N6O2. The number of rotatable bonds is 7. The number of likely N-dealkylation sites (tertiary alicyclic amines) is 1. The third kappa shape index (κ3) is 7.70. The van der Waals surface area contributed by atoms with Crippen molar-refractivity contribution < 1.29 is 9.53 Å². The molecule has 192 valence electrons. The van der Waals surface area contributed by atoms with Gasteiger partial charge in [-0.3, -0.25) is 4.68 Å². The van der Waals surface area contributed by atoms with E-state index in [-0.39, 0.29) is 12.1 Å². The van der Waals surface area contributed by atoms with E-state index in [1.165, 1.54) is 16.8 Å². The summed E-state index contributed by atoms with van der Waals surface area (Å²) in [6.45, 7) is 14.1. The second-order valence-corrected chi connectivity index (χ2v) is 10.9. The number of anilines is 1. The first-order valence-corrected chi connectivity index (χ1v) is 13.0. The Hall–Kier alpha value is -2.58. The fourth-order valence-corrected chi connectivity index (χ4v) is 4.80. The number of nitrogens with one attached hydrogen (secondary N) is 1. The average Bonchev–Trinajstić information content (AvgIpc) is 3.29. The fourth-order valence-electron chi connectivity index (χ4n) is 4.80. The number of piperidine rings is 1. The van der Waals surface area contributed by atoms with E-state index in [0.29, 0.717) is 0 Å². The smallest absolute Gasteiger partial charge is 0.407 e. The zero-order valence-corrected chi connectivity index (χ0v) is 21.9. The molecule has 0 spiro atoms. The molecule has 4 rings (SSSR count). The highest BCUT2D eigenvalue weighted by Crippen LogP contribution is 2.24. The van der Waals surface area contributed by atoms with Gasteiger partial charge in [-0.05, 0) is 71.3 Å². The number of nitrogens with zero attached hydrogens (tertiary/aromatic N) is 5. The maximum atomic E-state index is 12.0. The molecule has 0 radical (unpaired) electrons. The standard InChI is InChI=1S/C27H42N6O2/c1-27(2,3)35-26(34)29-24-10-14-31(15-11-24)12-5-13-33-21-23(20-28-33)22-6-8-25(9-7-22)32-18-16-30(4)17-19-32/h6-9,20-21,24H,5,10-19H2,1-4H3,(H,29,34). The van der Waals surface area contributed by atoms with Gasteiger partial charge in [-0.1, -0.05) is 12.1 Å². The molecule has 1 aromatic carbocycles. The van der Waals surface area contributed by atoms with Crippen LogP contribution >= 0.6 is 0 Å². The number of likely N-dealkylation sites (N-methyl/N-ethyl adjacent to an activating group) is 1. The number of aromatic nitrogens is 2. The van der Waals surface area contributed by atoms with Gasteiger partial charge in [0.15, 0.2) is 0 Å². The average molecular weight is 483 g/mol. The van der Waals surface area contributed by atoms with Gasteiger partial charge in [0.2, 0.25) is 0 Å². The summed E-state index contributed by atoms with van der Waals surface area (Å²) in [6, 6.07) is 9.10. The number of amides is 1. The number of hydrogen-bond donors (Lipinski definition) is 1. The monoisotopic (exact) mass is 482 g/mol. The van der Waals surface area contributed by atoms with Gasteiger partial charge in [-0.2, -0.15) is 5.10 Å². The molecule has 8 nitrogen and oxygen atoms in total. The topological polar surface area (TPSA) is 65.9 Å². The number of carbonyl (C=O) groups excluding carboxylic acids is 1. The lowest BCUT2D eigenvalue weighted by Crippen LogP contribution is -2.46. The number of aryl methyl sites for hydroxylation is 1. The number of alkyl carbamates (subject to hydrolysis) is 1. The maximum Gasteiger partial charge on any atom is 0.407 e. The summed E-state index contributed by atoms with van der Waals surface area (Å²) >= 11 is 0. The van der Waals surface area contributed by atoms with Crippen LogP contribution in [0.2, 0.25) is 0 Å². The van der Waals surface area contributed by atoms with Crippen molar-refractivity contribution in [2.45, 2.75) is 58.2 Å². The van der Waals surface area contributed by atoms with Gasteiger partial charge >= 0.3 is 6.09 Å². The minimum Gasteiger partial charge on any atom is -0.444 e. The van der Waals surface area contributed by atoms with Crippen LogP contribution in [0.15, 0.2) is 36.7 Å². The van der Waals surface area contributed by atoms with Gasteiger partial charge in [0.1, 0.15) is 5.60 Å². The van der Waals surface area contributed by atoms with Crippen molar-refractivity contribution in [3.05, 3.63) is 36.7 Å². The Morgan fingerprint density at radius 3 is 2.34 bits per heavy atom. The summed E-state index contributed by atoms with van der Waals surface area (Å²) in [5, 5.41) is 7.60. The number of ether oxygens (including phenoxy) is 1. The Kier molecular flexibility index (Phi) is 8.34. The van der Waals surface area contributed by atoms with E-state index in [2.05, 4.69) is 67.3 Å². The minimum atomic E-state index is -0.453. The van der Waals surface area contributed by atoms with E-state index in [4.69, 9.17) is 4.74 Å². The van der Waals surface area contributed by atoms with E-state index in [9.17, 15) is 4.79 Å². The number of hydrogen-bond acceptors (Lipinski definition) is 6. The molecule has 2 aliphatic rings. The van der Waals surface area contributed by atoms with E-state index >= 15 is 0 Å². The molecule has 0 aliphatic carbocycles. The van der Waals surface area contributed by atoms with Crippen molar-refractivity contribution in [3.63, 3.8) is 0 Å². The van der Waals surface area contributed by atoms with Gasteiger partial charge < -0.3 is 24.8 Å². The molecule has 0 saturated carbocycles. The Morgan fingerprint density at radius 2 is 1.69 bits per heavy atom. The lowest BCUT2D eigenvalue weighted by atomic mass is 10.1. The molecule has 3 heterocycles. The van der Waals surface area contributed by atoms with Crippen LogP contribution in [0.3, 0.4) is 0 Å². The molecule has 2 saturated heterocycles. The highest BCUT2D eigenvalue weighted by Gasteiger charge is 2.23. The second-order valence-electron chi connectivity index (χ2n) is 10.9. The quantitative estimate of drug-likeness (QED) is 0.650. The van der Waals surface area contributed by atoms with Crippen LogP contribution in [0, 0.1) is 0 Å². The summed E-state index contributed by atoms with van der Waals surface area (Å²) in [7, 11) is 2.19. The molecule has 35 heavy (non-hydrogen) atoms. The van der Waals surface area contributed by atoms with E-state index in [1.807, 2.05) is 27.0 Å². The zero-order valence-electron chi connectivity index (χ0n) is 21.9. The lowest BCUT2D eigenvalue weighted by Gasteiger charge is -2.34. The summed E-state index contributed by atoms with van der Waals surface area (Å²) in [5.41, 5.74) is 3.24. The highest BCUT2D eigenvalue weighted by molar-refractivity contribution is 5.68. The molecular weight excluding hydrogens is 440 g/mol. The Bertz CT molecular complexity index is 935. The van der Waals surface area contributed by atoms with Gasteiger partial charge in [0.25, 0.3) is 0 Å². The van der Waals surface area contributed by atoms with Crippen LogP contribution in [0.5, 0.6) is 0 Å². The number of benzene rings is 1. The summed E-state index contributed by atoms with van der Waals surface area (Å²) in [4.78, 5) is 19.3. The van der Waals surface area contributed by atoms with Crippen LogP contribution < -0.4 is 10.2 Å². The first-order valence-electron chi connectivity index (χ1n) is 13.0. The van der Waals surface area contributed by atoms with Gasteiger partial charge in [-0.25, -0.2) is 4.79 Å². The van der Waals surface area contributed by atoms with Crippen molar-refractivity contribution in [1.29, 1.82) is 0 Å². The van der Waals surface area contributed by atoms with Crippen molar-refractivity contribution in [2.75, 3.05) is 57.8 Å². The molecule has 2 fully saturated rings. The Balaban J connectivity index is 1.17. The number of carbonyl (C=O) groups is 1. The molecule has 1 amide bonds. The molecule has 0 unspecified atom stereocenters. The predicted octanol–water partition coefficient (Wildman–Crippen LogP) is 3.68. The fraction of sp³-hybridized carbons (Fsp3) is 0.630. The molecule has 0 bridgehead atoms. The highest BCUT2D eigenvalue weighted by atomic mass is 16.6. The van der Waals surface area contributed by atoms with Crippen LogP contribution in [0.1, 0.15) is 40.0 Å².